The van der Waals surface area contributed by atoms with Crippen LogP contribution in [0.2, 0.25) is 0 Å². The summed E-state index contributed by atoms with van der Waals surface area (Å²) >= 11 is 0. The lowest BCUT2D eigenvalue weighted by atomic mass is 10.1. The fourth-order valence-electron chi connectivity index (χ4n) is 2.19. The molecule has 1 aliphatic carbocycles. The number of benzene rings is 1. The maximum absolute atomic E-state index is 13.1. The van der Waals surface area contributed by atoms with Gasteiger partial charge in [-0.1, -0.05) is 6.92 Å². The van der Waals surface area contributed by atoms with E-state index in [2.05, 4.69) is 0 Å². The van der Waals surface area contributed by atoms with Gasteiger partial charge in [0.1, 0.15) is 0 Å². The minimum absolute atomic E-state index is 0.161. The summed E-state index contributed by atoms with van der Waals surface area (Å²) < 4.78 is 44.1. The van der Waals surface area contributed by atoms with Crippen molar-refractivity contribution >= 4 is 23.3 Å². The van der Waals surface area contributed by atoms with Gasteiger partial charge in [0.25, 0.3) is 11.6 Å². The van der Waals surface area contributed by atoms with Gasteiger partial charge in [-0.05, 0) is 25.3 Å². The highest BCUT2D eigenvalue weighted by Crippen LogP contribution is 2.39. The number of esters is 1. The summed E-state index contributed by atoms with van der Waals surface area (Å²) in [6.45, 7) is 3.07. The molecule has 0 aliphatic heterocycles. The number of nitro groups is 1. The Morgan fingerprint density at radius 3 is 2.48 bits per heavy atom. The topological polar surface area (TPSA) is 98.5 Å². The van der Waals surface area contributed by atoms with Crippen LogP contribution in [-0.2, 0) is 20.5 Å². The van der Waals surface area contributed by atoms with Gasteiger partial charge in [-0.25, -0.2) is 0 Å². The van der Waals surface area contributed by atoms with Crippen molar-refractivity contribution < 1.29 is 32.4 Å². The molecule has 1 fully saturated rings. The third kappa shape index (κ3) is 4.46. The van der Waals surface area contributed by atoms with Crippen molar-refractivity contribution in [3.05, 3.63) is 33.9 Å². The molecule has 136 valence electrons. The SMILES string of the molecule is C[C@H](OC(=O)[C@H]1C[C@H]1C)C(=O)Nc1ccc([N+](=O)[O-])cc1C(F)(F)F. The number of nitrogens with one attached hydrogen (secondary N) is 1. The smallest absolute Gasteiger partial charge is 0.418 e. The minimum Gasteiger partial charge on any atom is -0.452 e. The number of halogens is 3. The van der Waals surface area contributed by atoms with Gasteiger partial charge >= 0.3 is 12.1 Å². The predicted octanol–water partition coefficient (Wildman–Crippen LogP) is 3.14. The number of ether oxygens (including phenoxy) is 1. The standard InChI is InChI=1S/C15H15F3N2O5/c1-7-5-10(7)14(22)25-8(2)13(21)19-12-4-3-9(20(23)24)6-11(12)15(16,17)18/h3-4,6-8,10H,5H2,1-2H3,(H,19,21)/t7-,8+,10+/m1/s1. The maximum Gasteiger partial charge on any atom is 0.418 e. The number of non-ortho nitro benzene ring substituents is 1. The van der Waals surface area contributed by atoms with Crippen LogP contribution < -0.4 is 5.32 Å². The van der Waals surface area contributed by atoms with Gasteiger partial charge in [0.2, 0.25) is 0 Å². The van der Waals surface area contributed by atoms with Crippen molar-refractivity contribution in [2.24, 2.45) is 11.8 Å². The number of carbonyl (C=O) groups excluding carboxylic acids is 2. The number of alkyl halides is 3. The summed E-state index contributed by atoms with van der Waals surface area (Å²) in [5, 5.41) is 12.6. The van der Waals surface area contributed by atoms with Crippen molar-refractivity contribution in [2.75, 3.05) is 5.32 Å². The summed E-state index contributed by atoms with van der Waals surface area (Å²) in [7, 11) is 0. The molecule has 0 unspecified atom stereocenters. The number of nitro benzene ring substituents is 1. The van der Waals surface area contributed by atoms with Crippen molar-refractivity contribution in [3.63, 3.8) is 0 Å². The molecule has 1 aromatic carbocycles. The quantitative estimate of drug-likeness (QED) is 0.494. The van der Waals surface area contributed by atoms with Gasteiger partial charge in [0.15, 0.2) is 6.10 Å². The molecule has 10 heteroatoms. The van der Waals surface area contributed by atoms with Crippen LogP contribution in [0, 0.1) is 22.0 Å². The number of hydrogen-bond acceptors (Lipinski definition) is 5. The second kappa shape index (κ2) is 6.69. The first-order valence-electron chi connectivity index (χ1n) is 7.37. The fourth-order valence-corrected chi connectivity index (χ4v) is 2.19. The average molecular weight is 360 g/mol. The molecule has 1 saturated carbocycles. The molecule has 1 aromatic rings. The van der Waals surface area contributed by atoms with E-state index in [1.54, 1.807) is 0 Å². The highest BCUT2D eigenvalue weighted by molar-refractivity contribution is 5.96. The molecule has 1 aliphatic rings. The first-order valence-corrected chi connectivity index (χ1v) is 7.37. The number of nitrogens with zero attached hydrogens (tertiary/aromatic N) is 1. The third-order valence-corrected chi connectivity index (χ3v) is 3.85. The van der Waals surface area contributed by atoms with Gasteiger partial charge in [0, 0.05) is 12.1 Å². The third-order valence-electron chi connectivity index (χ3n) is 3.85. The molecule has 0 heterocycles. The van der Waals surface area contributed by atoms with Crippen LogP contribution in [0.15, 0.2) is 18.2 Å². The Morgan fingerprint density at radius 2 is 2.00 bits per heavy atom. The van der Waals surface area contributed by atoms with Crippen molar-refractivity contribution in [1.82, 2.24) is 0 Å². The normalized spacial score (nSPS) is 20.5. The van der Waals surface area contributed by atoms with Crippen LogP contribution in [0.5, 0.6) is 0 Å². The summed E-state index contributed by atoms with van der Waals surface area (Å²) in [6.07, 6.45) is -5.55. The van der Waals surface area contributed by atoms with E-state index in [0.29, 0.717) is 12.5 Å². The zero-order valence-electron chi connectivity index (χ0n) is 13.3. The van der Waals surface area contributed by atoms with E-state index < -0.39 is 46.0 Å². The Bertz CT molecular complexity index is 720. The van der Waals surface area contributed by atoms with Crippen LogP contribution in [0.3, 0.4) is 0 Å². The monoisotopic (exact) mass is 360 g/mol. The van der Waals surface area contributed by atoms with Crippen LogP contribution in [0.25, 0.3) is 0 Å². The lowest BCUT2D eigenvalue weighted by molar-refractivity contribution is -0.385. The van der Waals surface area contributed by atoms with Crippen LogP contribution in [0.1, 0.15) is 25.8 Å². The second-order valence-electron chi connectivity index (χ2n) is 5.87. The Kier molecular flexibility index (Phi) is 5.00. The highest BCUT2D eigenvalue weighted by Gasteiger charge is 2.42. The maximum atomic E-state index is 13.1. The van der Waals surface area contributed by atoms with Gasteiger partial charge < -0.3 is 10.1 Å². The van der Waals surface area contributed by atoms with E-state index in [9.17, 15) is 32.9 Å². The summed E-state index contributed by atoms with van der Waals surface area (Å²) in [5.41, 5.74) is -2.76. The van der Waals surface area contributed by atoms with Gasteiger partial charge in [-0.2, -0.15) is 13.2 Å². The molecular weight excluding hydrogens is 345 g/mol. The van der Waals surface area contributed by atoms with E-state index in [1.165, 1.54) is 6.92 Å². The molecule has 0 spiro atoms. The molecule has 2 rings (SSSR count). The Morgan fingerprint density at radius 1 is 1.40 bits per heavy atom. The van der Waals surface area contributed by atoms with Gasteiger partial charge in [-0.15, -0.1) is 0 Å². The lowest BCUT2D eigenvalue weighted by Gasteiger charge is -2.16. The molecule has 1 N–H and O–H groups in total. The summed E-state index contributed by atoms with van der Waals surface area (Å²) in [6, 6.07) is 1.96. The van der Waals surface area contributed by atoms with E-state index >= 15 is 0 Å². The van der Waals surface area contributed by atoms with E-state index in [1.807, 2.05) is 12.2 Å². The first-order chi connectivity index (χ1) is 11.5. The van der Waals surface area contributed by atoms with E-state index in [0.717, 1.165) is 12.1 Å². The zero-order valence-corrected chi connectivity index (χ0v) is 13.3. The zero-order chi connectivity index (χ0) is 18.9. The van der Waals surface area contributed by atoms with E-state index in [4.69, 9.17) is 4.74 Å². The molecule has 0 saturated heterocycles. The number of hydrogen-bond donors (Lipinski definition) is 1. The van der Waals surface area contributed by atoms with Crippen LogP contribution in [-0.4, -0.2) is 22.9 Å². The largest absolute Gasteiger partial charge is 0.452 e. The molecule has 0 radical (unpaired) electrons. The van der Waals surface area contributed by atoms with Crippen LogP contribution >= 0.6 is 0 Å². The van der Waals surface area contributed by atoms with Crippen molar-refractivity contribution in [3.8, 4) is 0 Å². The Balaban J connectivity index is 2.14. The molecule has 0 bridgehead atoms. The van der Waals surface area contributed by atoms with Gasteiger partial charge in [-0.3, -0.25) is 19.7 Å². The number of amides is 1. The number of carbonyl (C=O) groups is 2. The molecular formula is C15H15F3N2O5. The van der Waals surface area contributed by atoms with Crippen LogP contribution in [0.4, 0.5) is 24.5 Å². The molecule has 1 amide bonds. The molecule has 25 heavy (non-hydrogen) atoms. The number of anilines is 1. The number of rotatable bonds is 5. The van der Waals surface area contributed by atoms with Gasteiger partial charge in [0.05, 0.1) is 22.1 Å². The molecule has 7 nitrogen and oxygen atoms in total. The Hall–Kier alpha value is -2.65. The lowest BCUT2D eigenvalue weighted by Crippen LogP contribution is -2.31. The molecule has 3 atom stereocenters. The minimum atomic E-state index is -4.90. The summed E-state index contributed by atoms with van der Waals surface area (Å²) in [5.74, 6) is -1.66. The fraction of sp³-hybridized carbons (Fsp3) is 0.467. The highest BCUT2D eigenvalue weighted by atomic mass is 19.4. The predicted molar refractivity (Wildman–Crippen MR) is 79.6 cm³/mol. The second-order valence-corrected chi connectivity index (χ2v) is 5.87. The van der Waals surface area contributed by atoms with Crippen molar-refractivity contribution in [1.29, 1.82) is 0 Å². The average Bonchev–Trinajstić information content (AvgIpc) is 3.23. The van der Waals surface area contributed by atoms with Crippen molar-refractivity contribution in [2.45, 2.75) is 32.5 Å². The molecule has 0 aromatic heterocycles. The van der Waals surface area contributed by atoms with E-state index in [-0.39, 0.29) is 11.8 Å². The summed E-state index contributed by atoms with van der Waals surface area (Å²) in [4.78, 5) is 33.3. The Labute approximate surface area is 140 Å². The first kappa shape index (κ1) is 18.7.